The third-order valence-corrected chi connectivity index (χ3v) is 4.30. The van der Waals surface area contributed by atoms with Crippen molar-refractivity contribution >= 4 is 35.0 Å². The summed E-state index contributed by atoms with van der Waals surface area (Å²) in [6, 6.07) is 12.9. The van der Waals surface area contributed by atoms with Gasteiger partial charge >= 0.3 is 0 Å². The van der Waals surface area contributed by atoms with E-state index in [9.17, 15) is 4.79 Å². The van der Waals surface area contributed by atoms with Crippen molar-refractivity contribution < 1.29 is 4.79 Å². The van der Waals surface area contributed by atoms with Crippen LogP contribution in [0.3, 0.4) is 0 Å². The zero-order valence-electron chi connectivity index (χ0n) is 11.9. The number of carbonyl (C=O) groups is 1. The van der Waals surface area contributed by atoms with Gasteiger partial charge in [0.1, 0.15) is 0 Å². The molecule has 1 atom stereocenters. The van der Waals surface area contributed by atoms with E-state index in [4.69, 9.17) is 17.3 Å². The summed E-state index contributed by atoms with van der Waals surface area (Å²) < 4.78 is 0. The predicted octanol–water partition coefficient (Wildman–Crippen LogP) is 4.14. The van der Waals surface area contributed by atoms with Crippen molar-refractivity contribution in [3.8, 4) is 0 Å². The largest absolute Gasteiger partial charge is 0.398 e. The van der Waals surface area contributed by atoms with E-state index in [1.165, 1.54) is 4.90 Å². The van der Waals surface area contributed by atoms with E-state index < -0.39 is 0 Å². The lowest BCUT2D eigenvalue weighted by atomic mass is 10.1. The van der Waals surface area contributed by atoms with E-state index in [1.54, 1.807) is 30.0 Å². The SMILES string of the molecule is CSc1ccc(C(C)NC(=O)c2ccc(N)c(Cl)c2)cc1. The molecular weight excluding hydrogens is 304 g/mol. The fourth-order valence-electron chi connectivity index (χ4n) is 1.92. The van der Waals surface area contributed by atoms with Gasteiger partial charge < -0.3 is 11.1 Å². The van der Waals surface area contributed by atoms with Gasteiger partial charge in [-0.25, -0.2) is 0 Å². The van der Waals surface area contributed by atoms with Gasteiger partial charge in [-0.05, 0) is 49.1 Å². The molecule has 0 saturated carbocycles. The summed E-state index contributed by atoms with van der Waals surface area (Å²) in [6.07, 6.45) is 2.03. The number of halogens is 1. The molecular formula is C16H17ClN2OS. The van der Waals surface area contributed by atoms with Gasteiger partial charge in [0.05, 0.1) is 16.8 Å². The lowest BCUT2D eigenvalue weighted by Crippen LogP contribution is -2.26. The van der Waals surface area contributed by atoms with Crippen LogP contribution in [0.5, 0.6) is 0 Å². The molecule has 0 fully saturated rings. The molecule has 0 aromatic heterocycles. The highest BCUT2D eigenvalue weighted by Gasteiger charge is 2.12. The number of nitrogens with one attached hydrogen (secondary N) is 1. The van der Waals surface area contributed by atoms with Crippen molar-refractivity contribution in [2.45, 2.75) is 17.9 Å². The first-order valence-electron chi connectivity index (χ1n) is 6.51. The molecule has 0 saturated heterocycles. The van der Waals surface area contributed by atoms with Gasteiger partial charge in [0.25, 0.3) is 5.91 Å². The van der Waals surface area contributed by atoms with Crippen molar-refractivity contribution in [3.63, 3.8) is 0 Å². The number of benzene rings is 2. The summed E-state index contributed by atoms with van der Waals surface area (Å²) in [4.78, 5) is 13.4. The molecule has 21 heavy (non-hydrogen) atoms. The standard InChI is InChI=1S/C16H17ClN2OS/c1-10(11-3-6-13(21-2)7-4-11)19-16(20)12-5-8-15(18)14(17)9-12/h3-10H,18H2,1-2H3,(H,19,20). The summed E-state index contributed by atoms with van der Waals surface area (Å²) in [6.45, 7) is 1.95. The van der Waals surface area contributed by atoms with Gasteiger partial charge in [-0.2, -0.15) is 0 Å². The van der Waals surface area contributed by atoms with E-state index in [0.717, 1.165) is 5.56 Å². The Labute approximate surface area is 133 Å². The van der Waals surface area contributed by atoms with Crippen LogP contribution in [0.4, 0.5) is 5.69 Å². The molecule has 0 heterocycles. The highest BCUT2D eigenvalue weighted by Crippen LogP contribution is 2.21. The summed E-state index contributed by atoms with van der Waals surface area (Å²) in [5.74, 6) is -0.168. The smallest absolute Gasteiger partial charge is 0.251 e. The Kier molecular flexibility index (Phi) is 5.15. The maximum atomic E-state index is 12.2. The van der Waals surface area contributed by atoms with Crippen molar-refractivity contribution in [1.82, 2.24) is 5.32 Å². The lowest BCUT2D eigenvalue weighted by molar-refractivity contribution is 0.0940. The molecule has 0 aliphatic carbocycles. The Hall–Kier alpha value is -1.65. The highest BCUT2D eigenvalue weighted by molar-refractivity contribution is 7.98. The average molecular weight is 321 g/mol. The summed E-state index contributed by atoms with van der Waals surface area (Å²) in [5, 5.41) is 3.34. The summed E-state index contributed by atoms with van der Waals surface area (Å²) in [7, 11) is 0. The van der Waals surface area contributed by atoms with Crippen molar-refractivity contribution in [3.05, 3.63) is 58.6 Å². The molecule has 0 aliphatic rings. The Bertz CT molecular complexity index is 643. The molecule has 2 rings (SSSR count). The molecule has 1 amide bonds. The summed E-state index contributed by atoms with van der Waals surface area (Å²) >= 11 is 7.63. The van der Waals surface area contributed by atoms with Gasteiger partial charge in [-0.1, -0.05) is 23.7 Å². The molecule has 2 aromatic carbocycles. The van der Waals surface area contributed by atoms with Crippen LogP contribution in [-0.2, 0) is 0 Å². The fourth-order valence-corrected chi connectivity index (χ4v) is 2.51. The van der Waals surface area contributed by atoms with Crippen molar-refractivity contribution in [2.24, 2.45) is 0 Å². The second-order valence-corrected chi connectivity index (χ2v) is 5.99. The van der Waals surface area contributed by atoms with Crippen LogP contribution in [0, 0.1) is 0 Å². The Morgan fingerprint density at radius 1 is 1.24 bits per heavy atom. The van der Waals surface area contributed by atoms with Crippen LogP contribution < -0.4 is 11.1 Å². The predicted molar refractivity (Wildman–Crippen MR) is 90.0 cm³/mol. The summed E-state index contributed by atoms with van der Waals surface area (Å²) in [5.41, 5.74) is 7.67. The van der Waals surface area contributed by atoms with Gasteiger partial charge in [0.15, 0.2) is 0 Å². The molecule has 3 nitrogen and oxygen atoms in total. The van der Waals surface area contributed by atoms with Crippen molar-refractivity contribution in [1.29, 1.82) is 0 Å². The number of hydrogen-bond donors (Lipinski definition) is 2. The van der Waals surface area contributed by atoms with Gasteiger partial charge in [0, 0.05) is 10.5 Å². The molecule has 0 bridgehead atoms. The molecule has 0 spiro atoms. The highest BCUT2D eigenvalue weighted by atomic mass is 35.5. The minimum absolute atomic E-state index is 0.0789. The van der Waals surface area contributed by atoms with Crippen LogP contribution in [0.25, 0.3) is 0 Å². The van der Waals surface area contributed by atoms with Gasteiger partial charge in [-0.15, -0.1) is 11.8 Å². The minimum atomic E-state index is -0.168. The molecule has 0 aliphatic heterocycles. The average Bonchev–Trinajstić information content (AvgIpc) is 2.50. The van der Waals surface area contributed by atoms with E-state index >= 15 is 0 Å². The monoisotopic (exact) mass is 320 g/mol. The van der Waals surface area contributed by atoms with Crippen LogP contribution >= 0.6 is 23.4 Å². The third-order valence-electron chi connectivity index (χ3n) is 3.23. The van der Waals surface area contributed by atoms with Gasteiger partial charge in [0.2, 0.25) is 0 Å². The molecule has 5 heteroatoms. The quantitative estimate of drug-likeness (QED) is 0.657. The first kappa shape index (κ1) is 15.7. The molecule has 3 N–H and O–H groups in total. The normalized spacial score (nSPS) is 12.0. The zero-order valence-corrected chi connectivity index (χ0v) is 13.5. The molecule has 0 radical (unpaired) electrons. The number of carbonyl (C=O) groups excluding carboxylic acids is 1. The third kappa shape index (κ3) is 3.93. The minimum Gasteiger partial charge on any atom is -0.398 e. The van der Waals surface area contributed by atoms with E-state index in [2.05, 4.69) is 5.32 Å². The van der Waals surface area contributed by atoms with Crippen molar-refractivity contribution in [2.75, 3.05) is 12.0 Å². The fraction of sp³-hybridized carbons (Fsp3) is 0.188. The van der Waals surface area contributed by atoms with Crippen LogP contribution in [0.1, 0.15) is 28.9 Å². The Morgan fingerprint density at radius 3 is 2.48 bits per heavy atom. The number of amides is 1. The van der Waals surface area contributed by atoms with E-state index in [0.29, 0.717) is 16.3 Å². The number of nitrogen functional groups attached to an aromatic ring is 1. The first-order chi connectivity index (χ1) is 10.0. The first-order valence-corrected chi connectivity index (χ1v) is 8.11. The zero-order chi connectivity index (χ0) is 15.4. The van der Waals surface area contributed by atoms with Crippen LogP contribution in [0.15, 0.2) is 47.4 Å². The number of rotatable bonds is 4. The van der Waals surface area contributed by atoms with Gasteiger partial charge in [-0.3, -0.25) is 4.79 Å². The number of thioether (sulfide) groups is 1. The Morgan fingerprint density at radius 2 is 1.90 bits per heavy atom. The second kappa shape index (κ2) is 6.87. The lowest BCUT2D eigenvalue weighted by Gasteiger charge is -2.15. The maximum absolute atomic E-state index is 12.2. The maximum Gasteiger partial charge on any atom is 0.251 e. The molecule has 1 unspecified atom stereocenters. The molecule has 2 aromatic rings. The topological polar surface area (TPSA) is 55.1 Å². The van der Waals surface area contributed by atoms with E-state index in [-0.39, 0.29) is 11.9 Å². The second-order valence-electron chi connectivity index (χ2n) is 4.70. The van der Waals surface area contributed by atoms with Crippen LogP contribution in [-0.4, -0.2) is 12.2 Å². The number of anilines is 1. The van der Waals surface area contributed by atoms with Crippen LogP contribution in [0.2, 0.25) is 5.02 Å². The van der Waals surface area contributed by atoms with E-state index in [1.807, 2.05) is 37.4 Å². The Balaban J connectivity index is 2.08. The molecule has 110 valence electrons. The number of nitrogens with two attached hydrogens (primary N) is 1. The number of hydrogen-bond acceptors (Lipinski definition) is 3.